The highest BCUT2D eigenvalue weighted by Gasteiger charge is 2.72. The number of phenols is 1. The van der Waals surface area contributed by atoms with Crippen LogP contribution in [0.5, 0.6) is 17.2 Å². The number of aliphatic hydroxyl groups excluding tert-OH is 1. The van der Waals surface area contributed by atoms with Gasteiger partial charge < -0.3 is 30.5 Å². The summed E-state index contributed by atoms with van der Waals surface area (Å²) in [7, 11) is 4.30. The van der Waals surface area contributed by atoms with Crippen molar-refractivity contribution in [1.82, 2.24) is 4.90 Å². The van der Waals surface area contributed by atoms with E-state index in [4.69, 9.17) is 15.2 Å². The molecule has 232 valence electrons. The minimum Gasteiger partial charge on any atom is -0.505 e. The number of carbonyl (C=O) groups excluding carboxylic acids is 6. The lowest BCUT2D eigenvalue weighted by molar-refractivity contribution is -0.196. The van der Waals surface area contributed by atoms with Crippen LogP contribution in [-0.4, -0.2) is 94.3 Å². The summed E-state index contributed by atoms with van der Waals surface area (Å²) in [5, 5.41) is 36.8. The van der Waals surface area contributed by atoms with Crippen LogP contribution in [0.15, 0.2) is 36.4 Å². The van der Waals surface area contributed by atoms with Gasteiger partial charge in [0.05, 0.1) is 42.3 Å². The smallest absolute Gasteiger partial charge is 0.417 e. The molecular weight excluding hydrogens is 578 g/mol. The van der Waals surface area contributed by atoms with E-state index >= 15 is 0 Å². The van der Waals surface area contributed by atoms with E-state index in [9.17, 15) is 44.1 Å². The number of anilines is 1. The third-order valence-corrected chi connectivity index (χ3v) is 9.00. The predicted molar refractivity (Wildman–Crippen MR) is 150 cm³/mol. The third-order valence-electron chi connectivity index (χ3n) is 9.00. The second kappa shape index (κ2) is 10.8. The standard InChI is InChI=1S/C30H31N3O11/c1-11-14-9-10-15(32-29(41)44-13-7-5-12(43-4)6-8-13)22(34)17(14)23(35)18-16(11)24(36)20-21(33(2)3)25(37)19(28(31)40)27(39)30(20,42)26(18)38/h5-11,16,18-21,24,34,36,42H,1-4H3,(H2,31,40)(H,32,41). The molecule has 8 unspecified atom stereocenters. The number of ketones is 4. The SMILES string of the molecule is COc1ccc(OC(=O)Nc2ccc3c(c2O)C(=O)C2C(=O)C4(O)C(=O)C(C(N)=O)C(=O)C(N(C)C)C4C(O)C2C3C)cc1. The highest BCUT2D eigenvalue weighted by atomic mass is 16.6. The van der Waals surface area contributed by atoms with Gasteiger partial charge in [-0.3, -0.25) is 34.2 Å². The molecule has 0 saturated heterocycles. The molecular formula is C30H31N3O11. The normalized spacial score (nSPS) is 31.1. The third kappa shape index (κ3) is 4.36. The zero-order valence-electron chi connectivity index (χ0n) is 24.1. The number of amides is 2. The Hall–Kier alpha value is -4.66. The van der Waals surface area contributed by atoms with E-state index in [1.54, 1.807) is 19.1 Å². The summed E-state index contributed by atoms with van der Waals surface area (Å²) in [5.41, 5.74) is 1.84. The zero-order valence-corrected chi connectivity index (χ0v) is 24.1. The molecule has 14 heteroatoms. The van der Waals surface area contributed by atoms with Crippen molar-refractivity contribution >= 4 is 40.8 Å². The fraction of sp³-hybridized carbons (Fsp3) is 0.400. The van der Waals surface area contributed by atoms with Crippen molar-refractivity contribution < 1.29 is 53.6 Å². The van der Waals surface area contributed by atoms with Crippen LogP contribution < -0.4 is 20.5 Å². The van der Waals surface area contributed by atoms with Gasteiger partial charge in [-0.15, -0.1) is 0 Å². The molecule has 0 spiro atoms. The number of Topliss-reactive ketones (excluding diaryl/α,β-unsaturated/α-hetero) is 4. The second-order valence-electron chi connectivity index (χ2n) is 11.5. The van der Waals surface area contributed by atoms with Crippen molar-refractivity contribution in [3.05, 3.63) is 47.5 Å². The number of phenolic OH excluding ortho intramolecular Hbond substituents is 1. The number of nitrogens with zero attached hydrogens (tertiary/aromatic N) is 1. The predicted octanol–water partition coefficient (Wildman–Crippen LogP) is 0.0183. The van der Waals surface area contributed by atoms with Crippen LogP contribution in [0.1, 0.15) is 28.8 Å². The summed E-state index contributed by atoms with van der Waals surface area (Å²) < 4.78 is 10.3. The summed E-state index contributed by atoms with van der Waals surface area (Å²) in [6.45, 7) is 1.58. The lowest BCUT2D eigenvalue weighted by atomic mass is 9.49. The van der Waals surface area contributed by atoms with Gasteiger partial charge in [-0.2, -0.15) is 0 Å². The summed E-state index contributed by atoms with van der Waals surface area (Å²) in [6, 6.07) is 7.34. The first kappa shape index (κ1) is 30.8. The molecule has 0 aromatic heterocycles. The molecule has 8 atom stereocenters. The molecule has 14 nitrogen and oxygen atoms in total. The number of carbonyl (C=O) groups is 6. The lowest BCUT2D eigenvalue weighted by Gasteiger charge is -2.56. The highest BCUT2D eigenvalue weighted by molar-refractivity contribution is 6.32. The van der Waals surface area contributed by atoms with Crippen LogP contribution in [0.4, 0.5) is 10.5 Å². The largest absolute Gasteiger partial charge is 0.505 e. The summed E-state index contributed by atoms with van der Waals surface area (Å²) in [5.74, 6) is -14.0. The highest BCUT2D eigenvalue weighted by Crippen LogP contribution is 2.55. The Kier molecular flexibility index (Phi) is 7.56. The van der Waals surface area contributed by atoms with Gasteiger partial charge in [0, 0.05) is 5.92 Å². The molecule has 0 bridgehead atoms. The first-order valence-electron chi connectivity index (χ1n) is 13.7. The maximum Gasteiger partial charge on any atom is 0.417 e. The Morgan fingerprint density at radius 3 is 2.18 bits per heavy atom. The molecule has 5 rings (SSSR count). The second-order valence-corrected chi connectivity index (χ2v) is 11.5. The number of nitrogens with two attached hydrogens (primary N) is 1. The number of fused-ring (bicyclic) bond motifs is 3. The molecule has 2 fully saturated rings. The first-order valence-corrected chi connectivity index (χ1v) is 13.7. The van der Waals surface area contributed by atoms with E-state index in [-0.39, 0.29) is 22.6 Å². The number of rotatable bonds is 5. The molecule has 0 radical (unpaired) electrons. The minimum atomic E-state index is -3.11. The number of hydrogen-bond acceptors (Lipinski definition) is 12. The Labute approximate surface area is 250 Å². The molecule has 3 aliphatic carbocycles. The van der Waals surface area contributed by atoms with Crippen molar-refractivity contribution in [2.24, 2.45) is 29.4 Å². The number of ether oxygens (including phenoxy) is 2. The number of methoxy groups -OCH3 is 1. The molecule has 3 aliphatic rings. The summed E-state index contributed by atoms with van der Waals surface area (Å²) in [4.78, 5) is 80.7. The van der Waals surface area contributed by atoms with E-state index in [1.807, 2.05) is 0 Å². The van der Waals surface area contributed by atoms with Crippen LogP contribution >= 0.6 is 0 Å². The molecule has 2 saturated carbocycles. The number of benzene rings is 2. The Morgan fingerprint density at radius 2 is 1.61 bits per heavy atom. The molecule has 0 aliphatic heterocycles. The number of hydrogen-bond donors (Lipinski definition) is 5. The van der Waals surface area contributed by atoms with Crippen molar-refractivity contribution in [3.63, 3.8) is 0 Å². The lowest BCUT2D eigenvalue weighted by Crippen LogP contribution is -2.77. The van der Waals surface area contributed by atoms with E-state index in [0.29, 0.717) is 5.75 Å². The van der Waals surface area contributed by atoms with Crippen LogP contribution in [0, 0.1) is 23.7 Å². The fourth-order valence-electron chi connectivity index (χ4n) is 6.98. The van der Waals surface area contributed by atoms with Gasteiger partial charge in [0.25, 0.3) is 0 Å². The van der Waals surface area contributed by atoms with E-state index < -0.39 is 88.2 Å². The first-order chi connectivity index (χ1) is 20.7. The number of likely N-dealkylation sites (N-methyl/N-ethyl adjacent to an activating group) is 1. The Balaban J connectivity index is 1.53. The van der Waals surface area contributed by atoms with Gasteiger partial charge in [-0.1, -0.05) is 13.0 Å². The number of aromatic hydroxyl groups is 1. The van der Waals surface area contributed by atoms with E-state index in [2.05, 4.69) is 5.32 Å². The van der Waals surface area contributed by atoms with Gasteiger partial charge in [0.15, 0.2) is 34.7 Å². The van der Waals surface area contributed by atoms with E-state index in [0.717, 1.165) is 0 Å². The van der Waals surface area contributed by atoms with Gasteiger partial charge in [-0.05, 0) is 55.9 Å². The molecule has 6 N–H and O–H groups in total. The average molecular weight is 610 g/mol. The number of aliphatic hydroxyl groups is 2. The van der Waals surface area contributed by atoms with Crippen molar-refractivity contribution in [2.45, 2.75) is 30.6 Å². The minimum absolute atomic E-state index is 0.152. The summed E-state index contributed by atoms with van der Waals surface area (Å²) >= 11 is 0. The van der Waals surface area contributed by atoms with Gasteiger partial charge in [-0.25, -0.2) is 4.79 Å². The zero-order chi connectivity index (χ0) is 32.4. The quantitative estimate of drug-likeness (QED) is 0.224. The van der Waals surface area contributed by atoms with E-state index in [1.165, 1.54) is 50.4 Å². The molecule has 2 amide bonds. The number of primary amides is 1. The van der Waals surface area contributed by atoms with Crippen molar-refractivity contribution in [1.29, 1.82) is 0 Å². The van der Waals surface area contributed by atoms with Gasteiger partial charge >= 0.3 is 6.09 Å². The van der Waals surface area contributed by atoms with Crippen molar-refractivity contribution in [2.75, 3.05) is 26.5 Å². The average Bonchev–Trinajstić information content (AvgIpc) is 2.96. The topological polar surface area (TPSA) is 223 Å². The summed E-state index contributed by atoms with van der Waals surface area (Å²) in [6.07, 6.45) is -2.76. The van der Waals surface area contributed by atoms with Gasteiger partial charge in [0.1, 0.15) is 17.2 Å². The van der Waals surface area contributed by atoms with Crippen molar-refractivity contribution in [3.8, 4) is 17.2 Å². The molecule has 2 aromatic carbocycles. The molecule has 2 aromatic rings. The Bertz CT molecular complexity index is 1600. The molecule has 0 heterocycles. The van der Waals surface area contributed by atoms with Crippen LogP contribution in [0.25, 0.3) is 0 Å². The van der Waals surface area contributed by atoms with Crippen LogP contribution in [-0.2, 0) is 19.2 Å². The maximum atomic E-state index is 14.0. The molecule has 44 heavy (non-hydrogen) atoms. The Morgan fingerprint density at radius 1 is 1.00 bits per heavy atom. The van der Waals surface area contributed by atoms with Gasteiger partial charge in [0.2, 0.25) is 5.91 Å². The van der Waals surface area contributed by atoms with Crippen LogP contribution in [0.2, 0.25) is 0 Å². The monoisotopic (exact) mass is 609 g/mol. The number of nitrogens with one attached hydrogen (secondary N) is 1. The fourth-order valence-corrected chi connectivity index (χ4v) is 6.98. The van der Waals surface area contributed by atoms with Crippen LogP contribution in [0.3, 0.4) is 0 Å². The maximum absolute atomic E-state index is 14.0.